The highest BCUT2D eigenvalue weighted by molar-refractivity contribution is 9.10. The summed E-state index contributed by atoms with van der Waals surface area (Å²) in [6.07, 6.45) is 0. The van der Waals surface area contributed by atoms with Gasteiger partial charge in [0.2, 0.25) is 0 Å². The van der Waals surface area contributed by atoms with Crippen molar-refractivity contribution in [2.24, 2.45) is 0 Å². The van der Waals surface area contributed by atoms with Crippen LogP contribution in [0.4, 0.5) is 5.69 Å². The molecule has 2 rings (SSSR count). The van der Waals surface area contributed by atoms with Crippen LogP contribution in [0, 0.1) is 11.3 Å². The predicted molar refractivity (Wildman–Crippen MR) is 70.5 cm³/mol. The molecule has 16 heavy (non-hydrogen) atoms. The maximum absolute atomic E-state index is 9.04. The van der Waals surface area contributed by atoms with Crippen molar-refractivity contribution in [3.63, 3.8) is 0 Å². The highest BCUT2D eigenvalue weighted by Crippen LogP contribution is 2.24. The Labute approximate surface area is 107 Å². The molecule has 80 valence electrons. The van der Waals surface area contributed by atoms with Crippen molar-refractivity contribution in [1.82, 2.24) is 0 Å². The third-order valence-corrected chi connectivity index (χ3v) is 3.70. The van der Waals surface area contributed by atoms with Crippen LogP contribution in [-0.2, 0) is 6.54 Å². The Kier molecular flexibility index (Phi) is 3.60. The zero-order chi connectivity index (χ0) is 11.4. The standard InChI is InChI=1S/C12H9BrN2S/c13-11-4-1-5-12(10(11)7-14)15-8-9-3-2-6-16-9/h1-6,15H,8H2. The minimum atomic E-state index is 0.652. The van der Waals surface area contributed by atoms with E-state index in [-0.39, 0.29) is 0 Å². The molecule has 1 N–H and O–H groups in total. The smallest absolute Gasteiger partial charge is 0.103 e. The fraction of sp³-hybridized carbons (Fsp3) is 0.0833. The lowest BCUT2D eigenvalue weighted by Crippen LogP contribution is -1.99. The fourth-order valence-corrected chi connectivity index (χ4v) is 2.48. The largest absolute Gasteiger partial charge is 0.379 e. The quantitative estimate of drug-likeness (QED) is 0.928. The third kappa shape index (κ3) is 2.43. The number of nitrogens with zero attached hydrogens (tertiary/aromatic N) is 1. The van der Waals surface area contributed by atoms with Crippen LogP contribution in [0.3, 0.4) is 0 Å². The van der Waals surface area contributed by atoms with Crippen LogP contribution >= 0.6 is 27.3 Å². The van der Waals surface area contributed by atoms with Gasteiger partial charge in [-0.15, -0.1) is 11.3 Å². The molecule has 2 aromatic rings. The van der Waals surface area contributed by atoms with Gasteiger partial charge in [-0.3, -0.25) is 0 Å². The number of anilines is 1. The number of thiophene rings is 1. The van der Waals surface area contributed by atoms with Gasteiger partial charge in [-0.05, 0) is 39.5 Å². The second-order valence-electron chi connectivity index (χ2n) is 3.21. The molecule has 0 saturated heterocycles. The topological polar surface area (TPSA) is 35.8 Å². The Hall–Kier alpha value is -1.31. The molecule has 0 aliphatic carbocycles. The lowest BCUT2D eigenvalue weighted by molar-refractivity contribution is 1.19. The van der Waals surface area contributed by atoms with Gasteiger partial charge in [-0.25, -0.2) is 0 Å². The van der Waals surface area contributed by atoms with Crippen LogP contribution in [0.1, 0.15) is 10.4 Å². The maximum Gasteiger partial charge on any atom is 0.103 e. The van der Waals surface area contributed by atoms with Crippen molar-refractivity contribution in [2.75, 3.05) is 5.32 Å². The van der Waals surface area contributed by atoms with Crippen molar-refractivity contribution in [3.05, 3.63) is 50.6 Å². The van der Waals surface area contributed by atoms with Gasteiger partial charge in [0.25, 0.3) is 0 Å². The molecule has 1 heterocycles. The number of hydrogen-bond acceptors (Lipinski definition) is 3. The second-order valence-corrected chi connectivity index (χ2v) is 5.09. The molecule has 0 amide bonds. The summed E-state index contributed by atoms with van der Waals surface area (Å²) in [5.74, 6) is 0. The molecule has 2 nitrogen and oxygen atoms in total. The number of nitriles is 1. The normalized spacial score (nSPS) is 9.75. The summed E-state index contributed by atoms with van der Waals surface area (Å²) in [6, 6.07) is 12.0. The minimum Gasteiger partial charge on any atom is -0.379 e. The van der Waals surface area contributed by atoms with Crippen LogP contribution < -0.4 is 5.32 Å². The summed E-state index contributed by atoms with van der Waals surface area (Å²) in [7, 11) is 0. The van der Waals surface area contributed by atoms with E-state index in [1.165, 1.54) is 4.88 Å². The van der Waals surface area contributed by atoms with E-state index in [1.807, 2.05) is 29.6 Å². The Morgan fingerprint density at radius 3 is 2.88 bits per heavy atom. The molecule has 0 bridgehead atoms. The van der Waals surface area contributed by atoms with Crippen LogP contribution in [0.5, 0.6) is 0 Å². The van der Waals surface area contributed by atoms with E-state index in [9.17, 15) is 0 Å². The van der Waals surface area contributed by atoms with Crippen molar-refractivity contribution in [2.45, 2.75) is 6.54 Å². The monoisotopic (exact) mass is 292 g/mol. The molecule has 0 unspecified atom stereocenters. The SMILES string of the molecule is N#Cc1c(Br)cccc1NCc1cccs1. The summed E-state index contributed by atoms with van der Waals surface area (Å²) in [6.45, 7) is 0.753. The minimum absolute atomic E-state index is 0.652. The average molecular weight is 293 g/mol. The molecular formula is C12H9BrN2S. The summed E-state index contributed by atoms with van der Waals surface area (Å²) in [5, 5.41) is 14.3. The molecule has 1 aromatic carbocycles. The highest BCUT2D eigenvalue weighted by atomic mass is 79.9. The first kappa shape index (κ1) is 11.2. The summed E-state index contributed by atoms with van der Waals surface area (Å²) in [4.78, 5) is 1.25. The average Bonchev–Trinajstić information content (AvgIpc) is 2.79. The number of benzene rings is 1. The predicted octanol–water partition coefficient (Wildman–Crippen LogP) is 3.99. The lowest BCUT2D eigenvalue weighted by Gasteiger charge is -2.07. The Bertz CT molecular complexity index is 514. The summed E-state index contributed by atoms with van der Waals surface area (Å²) >= 11 is 5.07. The van der Waals surface area contributed by atoms with Gasteiger partial charge < -0.3 is 5.32 Å². The van der Waals surface area contributed by atoms with Gasteiger partial charge in [0.05, 0.1) is 11.3 Å². The summed E-state index contributed by atoms with van der Waals surface area (Å²) in [5.41, 5.74) is 1.52. The van der Waals surface area contributed by atoms with E-state index in [0.717, 1.165) is 16.7 Å². The lowest BCUT2D eigenvalue weighted by atomic mass is 10.2. The van der Waals surface area contributed by atoms with E-state index >= 15 is 0 Å². The van der Waals surface area contributed by atoms with Gasteiger partial charge in [-0.1, -0.05) is 12.1 Å². The van der Waals surface area contributed by atoms with Gasteiger partial charge in [-0.2, -0.15) is 5.26 Å². The van der Waals surface area contributed by atoms with E-state index < -0.39 is 0 Å². The van der Waals surface area contributed by atoms with E-state index in [2.05, 4.69) is 33.4 Å². The Balaban J connectivity index is 2.16. The molecule has 1 aromatic heterocycles. The van der Waals surface area contributed by atoms with Crippen LogP contribution in [0.2, 0.25) is 0 Å². The fourth-order valence-electron chi connectivity index (χ4n) is 1.38. The first-order chi connectivity index (χ1) is 7.81. The maximum atomic E-state index is 9.04. The first-order valence-corrected chi connectivity index (χ1v) is 6.43. The summed E-state index contributed by atoms with van der Waals surface area (Å²) < 4.78 is 0.825. The second kappa shape index (κ2) is 5.15. The van der Waals surface area contributed by atoms with Crippen LogP contribution in [0.15, 0.2) is 40.2 Å². The number of hydrogen-bond donors (Lipinski definition) is 1. The first-order valence-electron chi connectivity index (χ1n) is 4.76. The Morgan fingerprint density at radius 1 is 1.31 bits per heavy atom. The van der Waals surface area contributed by atoms with Gasteiger partial charge >= 0.3 is 0 Å². The van der Waals surface area contributed by atoms with Gasteiger partial charge in [0.1, 0.15) is 6.07 Å². The van der Waals surface area contributed by atoms with Crippen LogP contribution in [0.25, 0.3) is 0 Å². The molecular weight excluding hydrogens is 284 g/mol. The van der Waals surface area contributed by atoms with E-state index in [4.69, 9.17) is 5.26 Å². The zero-order valence-electron chi connectivity index (χ0n) is 8.40. The molecule has 0 saturated carbocycles. The molecule has 0 aliphatic heterocycles. The number of nitrogens with one attached hydrogen (secondary N) is 1. The highest BCUT2D eigenvalue weighted by Gasteiger charge is 2.05. The van der Waals surface area contributed by atoms with E-state index in [1.54, 1.807) is 11.3 Å². The molecule has 0 radical (unpaired) electrons. The molecule has 0 aliphatic rings. The van der Waals surface area contributed by atoms with Crippen molar-refractivity contribution >= 4 is 33.0 Å². The third-order valence-electron chi connectivity index (χ3n) is 2.16. The van der Waals surface area contributed by atoms with Crippen molar-refractivity contribution in [3.8, 4) is 6.07 Å². The van der Waals surface area contributed by atoms with Gasteiger partial charge in [0, 0.05) is 15.9 Å². The molecule has 0 spiro atoms. The van der Waals surface area contributed by atoms with Crippen LogP contribution in [-0.4, -0.2) is 0 Å². The van der Waals surface area contributed by atoms with Crippen molar-refractivity contribution < 1.29 is 0 Å². The molecule has 4 heteroatoms. The molecule has 0 fully saturated rings. The number of halogens is 1. The van der Waals surface area contributed by atoms with Crippen molar-refractivity contribution in [1.29, 1.82) is 5.26 Å². The Morgan fingerprint density at radius 2 is 2.19 bits per heavy atom. The van der Waals surface area contributed by atoms with Gasteiger partial charge in [0.15, 0.2) is 0 Å². The molecule has 0 atom stereocenters. The van der Waals surface area contributed by atoms with E-state index in [0.29, 0.717) is 5.56 Å². The zero-order valence-corrected chi connectivity index (χ0v) is 10.8. The number of rotatable bonds is 3.